The number of hydrogen-bond acceptors (Lipinski definition) is 15. The largest absolute Gasteiger partial charge is 0.361 e. The minimum atomic E-state index is -1.27. The lowest BCUT2D eigenvalue weighted by Gasteiger charge is -2.31. The van der Waals surface area contributed by atoms with Gasteiger partial charge in [0.15, 0.2) is 34.3 Å². The van der Waals surface area contributed by atoms with Crippen LogP contribution in [0.2, 0.25) is 103 Å². The summed E-state index contributed by atoms with van der Waals surface area (Å²) in [5, 5.41) is 14.8. The number of carbonyl (C=O) groups is 3. The maximum absolute atomic E-state index is 12.6. The normalized spacial score (nSPS) is 22.3. The molecule has 5 aliphatic rings. The fraction of sp³-hybridized carbons (Fsp3) is 0.632. The van der Waals surface area contributed by atoms with Crippen molar-refractivity contribution in [3.63, 3.8) is 0 Å². The van der Waals surface area contributed by atoms with Gasteiger partial charge in [0.05, 0.1) is 38.4 Å². The Kier molecular flexibility index (Phi) is 22.7. The summed E-state index contributed by atoms with van der Waals surface area (Å²) in [6, 6.07) is 11.3. The van der Waals surface area contributed by atoms with E-state index in [2.05, 4.69) is 141 Å². The van der Waals surface area contributed by atoms with Gasteiger partial charge in [-0.3, -0.25) is 24.9 Å². The number of nitrogens with one attached hydrogen (secondary N) is 2. The molecule has 3 unspecified atom stereocenters. The molecule has 7 heterocycles. The van der Waals surface area contributed by atoms with Crippen LogP contribution in [0, 0.1) is 23.7 Å². The smallest absolute Gasteiger partial charge is 0.322 e. The molecule has 4 bridgehead atoms. The molecule has 0 spiro atoms. The molecule has 5 fully saturated rings. The number of Topliss-reactive ketones (excluding diaryl/α,β-unsaturated/α-hetero) is 1. The number of amides is 3. The van der Waals surface area contributed by atoms with Gasteiger partial charge in [-0.25, -0.2) is 14.8 Å². The molecule has 1 saturated heterocycles. The van der Waals surface area contributed by atoms with E-state index in [9.17, 15) is 14.4 Å². The van der Waals surface area contributed by atoms with E-state index in [1.54, 1.807) is 38.4 Å². The number of pyridine rings is 2. The second kappa shape index (κ2) is 29.6. The summed E-state index contributed by atoms with van der Waals surface area (Å²) in [4.78, 5) is 60.5. The zero-order valence-corrected chi connectivity index (χ0v) is 64.9. The number of nitrogens with zero attached hydrogens (tertiary/aromatic N) is 10. The quantitative estimate of drug-likeness (QED) is 0.0154. The predicted molar refractivity (Wildman–Crippen MR) is 388 cm³/mol. The highest BCUT2D eigenvalue weighted by Gasteiger charge is 2.45. The van der Waals surface area contributed by atoms with Crippen LogP contribution in [0.1, 0.15) is 117 Å². The molecule has 4 aliphatic carbocycles. The molecule has 0 aromatic carbocycles. The number of ketones is 1. The van der Waals surface area contributed by atoms with Gasteiger partial charge in [-0.1, -0.05) is 116 Å². The Hall–Kier alpha value is -4.58. The van der Waals surface area contributed by atoms with Crippen molar-refractivity contribution >= 4 is 105 Å². The second-order valence-corrected chi connectivity index (χ2v) is 56.3. The van der Waals surface area contributed by atoms with Crippen LogP contribution in [-0.4, -0.2) is 143 Å². The summed E-state index contributed by atoms with van der Waals surface area (Å²) in [5.41, 5.74) is 6.86. The Morgan fingerprint density at radius 3 is 1.25 bits per heavy atom. The fourth-order valence-corrected chi connectivity index (χ4v) is 18.5. The summed E-state index contributed by atoms with van der Waals surface area (Å²) in [7, 11) is -5.00. The molecule has 19 nitrogen and oxygen atoms in total. The summed E-state index contributed by atoms with van der Waals surface area (Å²) < 4.78 is 31.2. The highest BCUT2D eigenvalue weighted by Crippen LogP contribution is 2.52. The van der Waals surface area contributed by atoms with Crippen LogP contribution < -0.4 is 20.4 Å². The average Bonchev–Trinajstić information content (AvgIpc) is 1.68. The Balaban J connectivity index is 0.000000205. The van der Waals surface area contributed by atoms with Crippen LogP contribution in [0.4, 0.5) is 16.4 Å². The van der Waals surface area contributed by atoms with Crippen molar-refractivity contribution in [1.29, 1.82) is 0 Å². The van der Waals surface area contributed by atoms with E-state index in [0.29, 0.717) is 63.4 Å². The third-order valence-corrected chi connectivity index (χ3v) is 27.7. The third kappa shape index (κ3) is 18.0. The number of urea groups is 1. The molecule has 7 atom stereocenters. The lowest BCUT2D eigenvalue weighted by atomic mass is 9.79. The van der Waals surface area contributed by atoms with Gasteiger partial charge in [0, 0.05) is 112 Å². The van der Waals surface area contributed by atoms with E-state index >= 15 is 0 Å². The van der Waals surface area contributed by atoms with E-state index in [-0.39, 0.29) is 5.78 Å². The molecule has 3 amide bonds. The van der Waals surface area contributed by atoms with Crippen molar-refractivity contribution in [2.45, 2.75) is 198 Å². The first-order chi connectivity index (χ1) is 43.9. The van der Waals surface area contributed by atoms with E-state index in [1.165, 1.54) is 51.4 Å². The average molecular weight is 1470 g/mol. The van der Waals surface area contributed by atoms with Gasteiger partial charge in [-0.05, 0) is 137 Å². The zero-order valence-electron chi connectivity index (χ0n) is 57.7. The van der Waals surface area contributed by atoms with Gasteiger partial charge in [0.1, 0.15) is 32.6 Å². The lowest BCUT2D eigenvalue weighted by Crippen LogP contribution is -2.41. The van der Waals surface area contributed by atoms with Crippen LogP contribution in [0.15, 0.2) is 58.0 Å². The molecule has 506 valence electrons. The molecule has 6 aromatic heterocycles. The molecule has 6 aromatic rings. The van der Waals surface area contributed by atoms with Crippen LogP contribution in [0.5, 0.6) is 0 Å². The Morgan fingerprint density at radius 1 is 0.559 bits per heavy atom. The van der Waals surface area contributed by atoms with E-state index < -0.39 is 49.8 Å². The fourth-order valence-electron chi connectivity index (χ4n) is 13.8. The van der Waals surface area contributed by atoms with Crippen LogP contribution in [0.25, 0.3) is 33.5 Å². The lowest BCUT2D eigenvalue weighted by molar-refractivity contribution is -0.123. The Bertz CT molecular complexity index is 3540. The van der Waals surface area contributed by atoms with Crippen molar-refractivity contribution in [3.8, 4) is 22.3 Å². The van der Waals surface area contributed by atoms with Crippen molar-refractivity contribution in [1.82, 2.24) is 49.8 Å². The summed E-state index contributed by atoms with van der Waals surface area (Å²) in [5.74, 6) is 5.14. The molecule has 4 saturated carbocycles. The second-order valence-electron chi connectivity index (χ2n) is 32.2. The summed E-state index contributed by atoms with van der Waals surface area (Å²) >= 11 is 8.12. The number of rotatable bonds is 28. The first-order valence-corrected chi connectivity index (χ1v) is 50.3. The molecular weight excluding hydrogens is 1370 g/mol. The molecule has 1 aliphatic heterocycles. The number of ether oxygens (including phenoxy) is 4. The summed E-state index contributed by atoms with van der Waals surface area (Å²) in [6.45, 7) is 36.1. The van der Waals surface area contributed by atoms with Gasteiger partial charge in [0.2, 0.25) is 0 Å². The molecular formula is C68H102Br2N12O7Si4. The number of hydrogen-bond donors (Lipinski definition) is 2. The van der Waals surface area contributed by atoms with Gasteiger partial charge in [-0.15, -0.1) is 0 Å². The highest BCUT2D eigenvalue weighted by atomic mass is 79.9. The first kappa shape index (κ1) is 71.2. The molecule has 11 rings (SSSR count). The first-order valence-electron chi connectivity index (χ1n) is 33.9. The third-order valence-electron chi connectivity index (χ3n) is 19.4. The van der Waals surface area contributed by atoms with Gasteiger partial charge < -0.3 is 34.1 Å². The number of imide groups is 1. The monoisotopic (exact) mass is 1470 g/mol. The summed E-state index contributed by atoms with van der Waals surface area (Å²) in [6.07, 6.45) is 19.8. The maximum Gasteiger partial charge on any atom is 0.322 e. The van der Waals surface area contributed by atoms with Crippen molar-refractivity contribution in [2.75, 3.05) is 63.2 Å². The van der Waals surface area contributed by atoms with Crippen molar-refractivity contribution < 1.29 is 33.3 Å². The predicted octanol–water partition coefficient (Wildman–Crippen LogP) is 15.8. The van der Waals surface area contributed by atoms with Crippen LogP contribution in [-0.2, 0) is 29.3 Å². The van der Waals surface area contributed by atoms with Crippen molar-refractivity contribution in [3.05, 3.63) is 80.8 Å². The number of aromatic nitrogens is 8. The molecule has 93 heavy (non-hydrogen) atoms. The van der Waals surface area contributed by atoms with E-state index in [1.807, 2.05) is 33.6 Å². The Labute approximate surface area is 572 Å². The minimum absolute atomic E-state index is 0.0473. The van der Waals surface area contributed by atoms with Gasteiger partial charge in [0.25, 0.3) is 5.91 Å². The highest BCUT2D eigenvalue weighted by molar-refractivity contribution is 9.11. The van der Waals surface area contributed by atoms with Gasteiger partial charge in [-0.2, -0.15) is 19.2 Å². The minimum Gasteiger partial charge on any atom is -0.361 e. The maximum atomic E-state index is 12.6. The van der Waals surface area contributed by atoms with Gasteiger partial charge >= 0.3 is 6.03 Å². The number of anilines is 2. The SMILES string of the molecule is CC(=O)c1ccc(-c2cnn3c(N(COCC[Si](C)(C)C)COCC[Si](C)(C)C)c(Br)c(C4C[C@H]5CC[C@@H](C4)C5)nc23)cn1.CC1(c2ccc(-c3cnn4c(N(COCC[Si](C)(C)C)COCC[Si](C)(C)C)c(Br)c(C5C[C@H]6CC[C@@H](C5)C6)nc34)cn2)NC(=O)NC1=O. The molecule has 25 heteroatoms. The van der Waals surface area contributed by atoms with E-state index in [4.69, 9.17) is 39.1 Å². The van der Waals surface area contributed by atoms with Crippen LogP contribution >= 0.6 is 31.9 Å². The molecule has 0 radical (unpaired) electrons. The zero-order chi connectivity index (χ0) is 66.8. The van der Waals surface area contributed by atoms with Crippen molar-refractivity contribution in [2.24, 2.45) is 23.7 Å². The number of carbonyl (C=O) groups excluding carboxylic acids is 3. The standard InChI is InChI=1S/C35H52BrN7O4Si2.C33H50BrN5O3Si2/c1-35(33(44)40-34(45)41-35)28-11-10-25(19-37-28)27-20-38-43-31(27)39-30(26-17-23-8-9-24(16-23)18-26)29(36)32(43)42(21-46-12-14-48(2,3)4)22-47-13-15-49(5,6)7;1-23(40)29-11-10-26(19-35-29)28-20-36-39-32(28)37-31(27-17-24-8-9-25(16-24)18-27)30(34)33(39)38(21-41-12-14-43(2,3)4)22-42-13-15-44(5,6)7/h10-11,19-20,23-24,26H,8-9,12-18,21-22H2,1-7H3,(H2,40,41,44,45);10-11,19-20,24-25,27H,8-9,12-18,21-22H2,1-7H3/t23-,24+,26?,35?;24-,25+,27?. The molecule has 2 N–H and O–H groups in total. The topological polar surface area (TPSA) is 205 Å². The number of halogens is 2. The van der Waals surface area contributed by atoms with Crippen LogP contribution in [0.3, 0.4) is 0 Å². The Morgan fingerprint density at radius 2 is 0.935 bits per heavy atom. The van der Waals surface area contributed by atoms with E-state index in [0.717, 1.165) is 139 Å². The number of fused-ring (bicyclic) bond motifs is 6.